The van der Waals surface area contributed by atoms with Gasteiger partial charge in [-0.1, -0.05) is 41.4 Å². The normalized spacial score (nSPS) is 15.6. The number of hydrogen-bond donors (Lipinski definition) is 0. The zero-order valence-electron chi connectivity index (χ0n) is 14.8. The number of nitrogens with zero attached hydrogens (tertiary/aromatic N) is 2. The van der Waals surface area contributed by atoms with E-state index in [0.717, 1.165) is 31.0 Å². The van der Waals surface area contributed by atoms with Crippen molar-refractivity contribution in [3.05, 3.63) is 69.9 Å². The molecule has 128 valence electrons. The highest BCUT2D eigenvalue weighted by molar-refractivity contribution is 6.31. The van der Waals surface area contributed by atoms with Gasteiger partial charge in [-0.15, -0.1) is 0 Å². The molecule has 0 aliphatic carbocycles. The zero-order chi connectivity index (χ0) is 17.4. The number of likely N-dealkylation sites (N-methyl/N-ethyl adjacent to an activating group) is 1. The maximum absolute atomic E-state index is 6.29. The summed E-state index contributed by atoms with van der Waals surface area (Å²) in [5.74, 6) is 0. The molecule has 1 aromatic heterocycles. The first kappa shape index (κ1) is 16.4. The Hall–Kier alpha value is -2.03. The average Bonchev–Trinajstić information content (AvgIpc) is 2.75. The van der Waals surface area contributed by atoms with Gasteiger partial charge in [0.2, 0.25) is 0 Å². The van der Waals surface area contributed by atoms with Crippen LogP contribution in [-0.2, 0) is 12.8 Å². The van der Waals surface area contributed by atoms with Crippen molar-refractivity contribution in [2.24, 2.45) is 0 Å². The molecule has 0 radical (unpaired) electrons. The fourth-order valence-electron chi connectivity index (χ4n) is 3.68. The summed E-state index contributed by atoms with van der Waals surface area (Å²) < 4.78 is 2.36. The minimum atomic E-state index is 0.813. The van der Waals surface area contributed by atoms with Gasteiger partial charge in [-0.05, 0) is 55.8 Å². The Bertz CT molecular complexity index is 935. The molecule has 0 fully saturated rings. The standard InChI is InChI=1S/C22H23ClN2/c1-16-3-5-17(6-4-16)9-14-25-21-8-7-18(23)15-20(21)19-10-12-24(2)13-11-22(19)25/h3-9,14-15H,10-13H2,1-2H3/b14-9+. The van der Waals surface area contributed by atoms with E-state index in [0.29, 0.717) is 0 Å². The Morgan fingerprint density at radius 1 is 1.00 bits per heavy atom. The van der Waals surface area contributed by atoms with Gasteiger partial charge in [-0.2, -0.15) is 0 Å². The van der Waals surface area contributed by atoms with Crippen LogP contribution in [0.5, 0.6) is 0 Å². The summed E-state index contributed by atoms with van der Waals surface area (Å²) in [5, 5.41) is 2.11. The van der Waals surface area contributed by atoms with Gasteiger partial charge in [0.15, 0.2) is 0 Å². The second-order valence-electron chi connectivity index (χ2n) is 6.99. The lowest BCUT2D eigenvalue weighted by Gasteiger charge is -2.12. The molecule has 0 saturated heterocycles. The number of benzene rings is 2. The van der Waals surface area contributed by atoms with Crippen molar-refractivity contribution in [1.82, 2.24) is 9.47 Å². The molecular weight excluding hydrogens is 328 g/mol. The summed E-state index contributed by atoms with van der Waals surface area (Å²) in [6.45, 7) is 4.31. The first-order valence-corrected chi connectivity index (χ1v) is 9.24. The molecule has 25 heavy (non-hydrogen) atoms. The lowest BCUT2D eigenvalue weighted by Crippen LogP contribution is -2.21. The van der Waals surface area contributed by atoms with E-state index in [9.17, 15) is 0 Å². The van der Waals surface area contributed by atoms with Gasteiger partial charge >= 0.3 is 0 Å². The van der Waals surface area contributed by atoms with Gasteiger partial charge in [-0.3, -0.25) is 0 Å². The number of aryl methyl sites for hydroxylation is 1. The molecule has 0 saturated carbocycles. The van der Waals surface area contributed by atoms with E-state index in [4.69, 9.17) is 11.6 Å². The molecule has 0 N–H and O–H groups in total. The Morgan fingerprint density at radius 3 is 2.56 bits per heavy atom. The SMILES string of the molecule is Cc1ccc(/C=C/n2c3c(c4cc(Cl)ccc42)CCN(C)CC3)cc1. The predicted octanol–water partition coefficient (Wildman–Crippen LogP) is 5.26. The first-order chi connectivity index (χ1) is 12.1. The van der Waals surface area contributed by atoms with Crippen LogP contribution < -0.4 is 0 Å². The van der Waals surface area contributed by atoms with Gasteiger partial charge in [0.25, 0.3) is 0 Å². The molecule has 0 spiro atoms. The van der Waals surface area contributed by atoms with Gasteiger partial charge in [0.1, 0.15) is 0 Å². The fraction of sp³-hybridized carbons (Fsp3) is 0.273. The Morgan fingerprint density at radius 2 is 1.76 bits per heavy atom. The second kappa shape index (κ2) is 6.70. The lowest BCUT2D eigenvalue weighted by molar-refractivity contribution is 0.351. The number of rotatable bonds is 2. The summed E-state index contributed by atoms with van der Waals surface area (Å²) in [6, 6.07) is 14.9. The molecular formula is C22H23ClN2. The van der Waals surface area contributed by atoms with Gasteiger partial charge in [-0.25, -0.2) is 0 Å². The molecule has 1 aliphatic rings. The number of aromatic nitrogens is 1. The van der Waals surface area contributed by atoms with Gasteiger partial charge in [0.05, 0.1) is 5.52 Å². The minimum Gasteiger partial charge on any atom is -0.320 e. The van der Waals surface area contributed by atoms with Crippen molar-refractivity contribution in [3.63, 3.8) is 0 Å². The van der Waals surface area contributed by atoms with Crippen molar-refractivity contribution in [2.75, 3.05) is 20.1 Å². The van der Waals surface area contributed by atoms with Crippen LogP contribution >= 0.6 is 11.6 Å². The second-order valence-corrected chi connectivity index (χ2v) is 7.42. The minimum absolute atomic E-state index is 0.813. The van der Waals surface area contributed by atoms with E-state index in [1.165, 1.54) is 33.3 Å². The van der Waals surface area contributed by atoms with Gasteiger partial charge < -0.3 is 9.47 Å². The average molecular weight is 351 g/mol. The fourth-order valence-corrected chi connectivity index (χ4v) is 3.85. The van der Waals surface area contributed by atoms with Crippen LogP contribution in [-0.4, -0.2) is 29.6 Å². The van der Waals surface area contributed by atoms with E-state index >= 15 is 0 Å². The molecule has 2 nitrogen and oxygen atoms in total. The molecule has 3 aromatic rings. The Labute approximate surface area is 154 Å². The van der Waals surface area contributed by atoms with E-state index in [-0.39, 0.29) is 0 Å². The summed E-state index contributed by atoms with van der Waals surface area (Å²) in [4.78, 5) is 2.41. The third-order valence-electron chi connectivity index (χ3n) is 5.15. The zero-order valence-corrected chi connectivity index (χ0v) is 15.6. The van der Waals surface area contributed by atoms with E-state index < -0.39 is 0 Å². The Balaban J connectivity index is 1.83. The summed E-state index contributed by atoms with van der Waals surface area (Å²) >= 11 is 6.29. The highest BCUT2D eigenvalue weighted by Gasteiger charge is 2.19. The summed E-state index contributed by atoms with van der Waals surface area (Å²) in [5.41, 5.74) is 6.64. The molecule has 2 heterocycles. The van der Waals surface area contributed by atoms with Crippen LogP contribution in [0.4, 0.5) is 0 Å². The van der Waals surface area contributed by atoms with Crippen LogP contribution in [0.15, 0.2) is 42.5 Å². The van der Waals surface area contributed by atoms with E-state index in [2.05, 4.69) is 72.1 Å². The molecule has 4 rings (SSSR count). The van der Waals surface area contributed by atoms with E-state index in [1.54, 1.807) is 0 Å². The van der Waals surface area contributed by atoms with Crippen LogP contribution in [0.3, 0.4) is 0 Å². The quantitative estimate of drug-likeness (QED) is 0.612. The van der Waals surface area contributed by atoms with Crippen molar-refractivity contribution in [1.29, 1.82) is 0 Å². The first-order valence-electron chi connectivity index (χ1n) is 8.86. The van der Waals surface area contributed by atoms with Crippen molar-refractivity contribution in [3.8, 4) is 0 Å². The van der Waals surface area contributed by atoms with Crippen LogP contribution in [0, 0.1) is 6.92 Å². The van der Waals surface area contributed by atoms with Crippen LogP contribution in [0.25, 0.3) is 23.2 Å². The largest absolute Gasteiger partial charge is 0.320 e. The maximum atomic E-state index is 6.29. The van der Waals surface area contributed by atoms with Crippen molar-refractivity contribution >= 4 is 34.8 Å². The molecule has 0 unspecified atom stereocenters. The molecule has 0 bridgehead atoms. The molecule has 0 amide bonds. The molecule has 0 atom stereocenters. The van der Waals surface area contributed by atoms with Crippen LogP contribution in [0.1, 0.15) is 22.4 Å². The number of halogens is 1. The van der Waals surface area contributed by atoms with Crippen LogP contribution in [0.2, 0.25) is 5.02 Å². The topological polar surface area (TPSA) is 8.17 Å². The predicted molar refractivity (Wildman–Crippen MR) is 108 cm³/mol. The Kier molecular flexibility index (Phi) is 4.41. The van der Waals surface area contributed by atoms with E-state index in [1.807, 2.05) is 6.07 Å². The number of fused-ring (bicyclic) bond motifs is 3. The monoisotopic (exact) mass is 350 g/mol. The highest BCUT2D eigenvalue weighted by atomic mass is 35.5. The highest BCUT2D eigenvalue weighted by Crippen LogP contribution is 2.31. The smallest absolute Gasteiger partial charge is 0.0529 e. The summed E-state index contributed by atoms with van der Waals surface area (Å²) in [6.07, 6.45) is 6.55. The third-order valence-corrected chi connectivity index (χ3v) is 5.38. The molecule has 2 aromatic carbocycles. The van der Waals surface area contributed by atoms with Gasteiger partial charge in [0, 0.05) is 41.8 Å². The summed E-state index contributed by atoms with van der Waals surface area (Å²) in [7, 11) is 2.20. The van der Waals surface area contributed by atoms with Crippen molar-refractivity contribution in [2.45, 2.75) is 19.8 Å². The molecule has 1 aliphatic heterocycles. The third kappa shape index (κ3) is 3.24. The number of hydrogen-bond acceptors (Lipinski definition) is 1. The maximum Gasteiger partial charge on any atom is 0.0529 e. The molecule has 3 heteroatoms. The van der Waals surface area contributed by atoms with Crippen molar-refractivity contribution < 1.29 is 0 Å². The lowest BCUT2D eigenvalue weighted by atomic mass is 10.1.